The molecule has 7 aromatic carbocycles. The number of carbonyl (C=O) groups is 2. The molecule has 0 saturated carbocycles. The van der Waals surface area contributed by atoms with E-state index < -0.39 is 57.6 Å². The van der Waals surface area contributed by atoms with E-state index in [0.717, 1.165) is 61.9 Å². The summed E-state index contributed by atoms with van der Waals surface area (Å²) >= 11 is 0. The molecule has 16 heteroatoms. The maximum absolute atomic E-state index is 14.4. The molecule has 14 nitrogen and oxygen atoms in total. The van der Waals surface area contributed by atoms with Crippen LogP contribution in [-0.4, -0.2) is 61.9 Å². The lowest BCUT2D eigenvalue weighted by molar-refractivity contribution is 0.0984. The predicted octanol–water partition coefficient (Wildman–Crippen LogP) is 16.2. The molecule has 0 spiro atoms. The Morgan fingerprint density at radius 3 is 1.09 bits per heavy atom. The maximum atomic E-state index is 14.4. The first-order chi connectivity index (χ1) is 40.0. The lowest BCUT2D eigenvalue weighted by atomic mass is 9.77. The van der Waals surface area contributed by atoms with Crippen molar-refractivity contribution in [2.45, 2.75) is 175 Å². The number of phenols is 2. The molecular weight excluding hydrogens is 1140 g/mol. The van der Waals surface area contributed by atoms with Crippen LogP contribution in [-0.2, 0) is 54.7 Å². The molecule has 0 atom stereocenters. The molecule has 0 aliphatic carbocycles. The molecule has 7 aromatic rings. The van der Waals surface area contributed by atoms with Crippen molar-refractivity contribution in [3.8, 4) is 23.0 Å². The zero-order valence-electron chi connectivity index (χ0n) is 54.0. The maximum Gasteiger partial charge on any atom is 0.294 e. The average Bonchev–Trinajstić information content (AvgIpc) is 0.917. The van der Waals surface area contributed by atoms with Gasteiger partial charge in [-0.25, -0.2) is 0 Å². The van der Waals surface area contributed by atoms with Crippen molar-refractivity contribution in [2.24, 2.45) is 0 Å². The second kappa shape index (κ2) is 24.2. The summed E-state index contributed by atoms with van der Waals surface area (Å²) in [4.78, 5) is 27.3. The smallest absolute Gasteiger partial charge is 0.294 e. The number of ether oxygens (including phenoxy) is 2. The highest BCUT2D eigenvalue weighted by atomic mass is 32.2. The van der Waals surface area contributed by atoms with Crippen molar-refractivity contribution in [3.05, 3.63) is 186 Å². The Morgan fingerprint density at radius 2 is 0.793 bits per heavy atom. The van der Waals surface area contributed by atoms with Gasteiger partial charge in [-0.2, -0.15) is 16.8 Å². The van der Waals surface area contributed by atoms with Gasteiger partial charge < -0.3 is 30.3 Å². The number of hydrogen-bond acceptors (Lipinski definition) is 12. The predicted molar refractivity (Wildman–Crippen MR) is 348 cm³/mol. The number of rotatable bonds is 17. The van der Waals surface area contributed by atoms with Crippen LogP contribution in [0.5, 0.6) is 23.0 Å². The largest absolute Gasteiger partial charge is 0.507 e. The molecule has 0 aliphatic heterocycles. The van der Waals surface area contributed by atoms with Gasteiger partial charge in [0.25, 0.3) is 20.2 Å². The summed E-state index contributed by atoms with van der Waals surface area (Å²) < 4.78 is 85.0. The summed E-state index contributed by atoms with van der Waals surface area (Å²) in [6.45, 7) is 35.8. The van der Waals surface area contributed by atoms with Crippen LogP contribution >= 0.6 is 0 Å². The fraction of sp³-hybridized carbons (Fsp3) is 0.380. The molecule has 0 saturated heterocycles. The van der Waals surface area contributed by atoms with Crippen LogP contribution in [0.4, 0.5) is 22.7 Å². The lowest BCUT2D eigenvalue weighted by Crippen LogP contribution is -2.19. The Labute approximate surface area is 515 Å². The Hall–Kier alpha value is -7.50. The first-order valence-electron chi connectivity index (χ1n) is 29.0. The minimum atomic E-state index is -5.19. The van der Waals surface area contributed by atoms with Gasteiger partial charge in [-0.1, -0.05) is 113 Å². The van der Waals surface area contributed by atoms with E-state index in [9.17, 15) is 45.7 Å². The third kappa shape index (κ3) is 14.3. The summed E-state index contributed by atoms with van der Waals surface area (Å²) in [6.07, 6.45) is 0.172. The third-order valence-corrected chi connectivity index (χ3v) is 18.3. The average molecular weight is 1220 g/mol. The zero-order valence-corrected chi connectivity index (χ0v) is 55.7. The topological polar surface area (TPSA) is 226 Å². The number of aryl methyl sites for hydroxylation is 4. The van der Waals surface area contributed by atoms with Gasteiger partial charge >= 0.3 is 0 Å². The molecule has 6 N–H and O–H groups in total. The second-order valence-electron chi connectivity index (χ2n) is 27.3. The molecule has 7 rings (SSSR count). The fourth-order valence-electron chi connectivity index (χ4n) is 11.8. The van der Waals surface area contributed by atoms with Crippen LogP contribution in [0, 0.1) is 41.5 Å². The highest BCUT2D eigenvalue weighted by Crippen LogP contribution is 2.47. The van der Waals surface area contributed by atoms with Gasteiger partial charge in [0.2, 0.25) is 0 Å². The van der Waals surface area contributed by atoms with Gasteiger partial charge in [0.1, 0.15) is 23.0 Å². The number of anilines is 4. The van der Waals surface area contributed by atoms with Crippen LogP contribution in [0.3, 0.4) is 0 Å². The fourth-order valence-corrected chi connectivity index (χ4v) is 13.1. The van der Waals surface area contributed by atoms with Crippen molar-refractivity contribution in [1.82, 2.24) is 0 Å². The van der Waals surface area contributed by atoms with E-state index in [4.69, 9.17) is 9.47 Å². The monoisotopic (exact) mass is 1220 g/mol. The molecule has 0 heterocycles. The van der Waals surface area contributed by atoms with Crippen LogP contribution < -0.4 is 20.1 Å². The third-order valence-electron chi connectivity index (χ3n) is 16.5. The van der Waals surface area contributed by atoms with Gasteiger partial charge in [0.15, 0.2) is 11.6 Å². The SMILES string of the molecule is COc1cc(Nc2c(C)cc(C)c(CC(=O)c3cc(C(C)(C)C)c(O)c(C(C)(C)C)c3)c2C)ccc1C(c1ccc(Nc2c(C)cc(C)c(CC(=O)c3cc(C(C)(C)C)c(O)c(C(C)(C)C)c3)c2C)cc1OC)c1ccc(S(=O)(=O)O)cc1S(=O)(=O)O. The van der Waals surface area contributed by atoms with E-state index in [1.54, 1.807) is 60.7 Å². The minimum absolute atomic E-state index is 0.0716. The Bertz CT molecular complexity index is 3850. The van der Waals surface area contributed by atoms with Gasteiger partial charge in [-0.05, 0) is 162 Å². The number of Topliss-reactive ketones (excluding diaryl/α,β-unsaturated/α-hetero) is 2. The van der Waals surface area contributed by atoms with Crippen molar-refractivity contribution in [2.75, 3.05) is 24.9 Å². The number of ketones is 2. The van der Waals surface area contributed by atoms with E-state index in [2.05, 4.69) is 10.6 Å². The van der Waals surface area contributed by atoms with E-state index in [-0.39, 0.29) is 53.0 Å². The van der Waals surface area contributed by atoms with Crippen LogP contribution in [0.2, 0.25) is 0 Å². The summed E-state index contributed by atoms with van der Waals surface area (Å²) in [5.74, 6) is -0.464. The van der Waals surface area contributed by atoms with Crippen molar-refractivity contribution < 1.29 is 55.2 Å². The summed E-state index contributed by atoms with van der Waals surface area (Å²) in [5.41, 5.74) is 12.3. The normalized spacial score (nSPS) is 12.6. The van der Waals surface area contributed by atoms with Crippen molar-refractivity contribution >= 4 is 54.6 Å². The summed E-state index contributed by atoms with van der Waals surface area (Å²) in [5, 5.41) is 29.9. The van der Waals surface area contributed by atoms with Crippen molar-refractivity contribution in [1.29, 1.82) is 0 Å². The number of hydrogen-bond donors (Lipinski definition) is 6. The van der Waals surface area contributed by atoms with Crippen molar-refractivity contribution in [3.63, 3.8) is 0 Å². The lowest BCUT2D eigenvalue weighted by Gasteiger charge is -2.28. The highest BCUT2D eigenvalue weighted by Gasteiger charge is 2.34. The first-order valence-corrected chi connectivity index (χ1v) is 31.9. The zero-order chi connectivity index (χ0) is 65.2. The van der Waals surface area contributed by atoms with E-state index in [1.807, 2.05) is 137 Å². The molecule has 464 valence electrons. The second-order valence-corrected chi connectivity index (χ2v) is 30.1. The van der Waals surface area contributed by atoms with E-state index in [0.29, 0.717) is 61.9 Å². The quantitative estimate of drug-likeness (QED) is 0.0283. The molecule has 0 aromatic heterocycles. The molecule has 0 radical (unpaired) electrons. The van der Waals surface area contributed by atoms with Gasteiger partial charge in [0, 0.05) is 98.1 Å². The Balaban J connectivity index is 1.31. The van der Waals surface area contributed by atoms with E-state index in [1.165, 1.54) is 20.3 Å². The number of methoxy groups -OCH3 is 2. The van der Waals surface area contributed by atoms with E-state index >= 15 is 0 Å². The molecule has 0 amide bonds. The molecule has 87 heavy (non-hydrogen) atoms. The molecule has 0 fully saturated rings. The molecular formula is C71H86N2O12S2. The molecule has 0 aliphatic rings. The van der Waals surface area contributed by atoms with Crippen LogP contribution in [0.25, 0.3) is 0 Å². The number of phenolic OH excluding ortho intramolecular Hbond substituents is 2. The first kappa shape index (κ1) is 67.0. The minimum Gasteiger partial charge on any atom is -0.507 e. The Kier molecular flexibility index (Phi) is 18.7. The standard InChI is InChI=1S/C71H86N2O12S2/c1-38-27-40(3)64(42(5)52(38)36-58(74)44-29-54(68(7,8)9)66(76)55(30-44)69(10,11)12)72-46-21-24-49(60(33-46)84-19)63(51-26-23-48(86(78,79)80)35-62(51)87(81,82)83)50-25-22-47(34-61(50)85-20)73-65-41(4)28-39(2)53(43(65)6)37-59(75)45-31-56(70(13,14)15)67(77)57(32-45)71(16,17)18/h21-35,63,72-73,76-77H,36-37H2,1-20H3,(H,78,79,80)(H,81,82,83). The van der Waals surface area contributed by atoms with Crippen LogP contribution in [0.15, 0.2) is 101 Å². The summed E-state index contributed by atoms with van der Waals surface area (Å²) in [7, 11) is -7.24. The number of nitrogens with one attached hydrogen (secondary N) is 2. The van der Waals surface area contributed by atoms with Gasteiger partial charge in [-0.15, -0.1) is 0 Å². The number of aromatic hydroxyl groups is 2. The van der Waals surface area contributed by atoms with Gasteiger partial charge in [0.05, 0.1) is 24.0 Å². The van der Waals surface area contributed by atoms with Crippen LogP contribution in [0.1, 0.15) is 193 Å². The molecule has 0 bridgehead atoms. The number of carbonyl (C=O) groups excluding carboxylic acids is 2. The Morgan fingerprint density at radius 1 is 0.460 bits per heavy atom. The summed E-state index contributed by atoms with van der Waals surface area (Å²) in [6, 6.07) is 24.7. The highest BCUT2D eigenvalue weighted by molar-refractivity contribution is 7.86. The molecule has 0 unspecified atom stereocenters. The van der Waals surface area contributed by atoms with Gasteiger partial charge in [-0.3, -0.25) is 18.7 Å². The number of benzene rings is 7.